The molecule has 1 aromatic carbocycles. The number of anilines is 1. The maximum atomic E-state index is 5.84. The fraction of sp³-hybridized carbons (Fsp3) is 0.571. The van der Waals surface area contributed by atoms with Crippen LogP contribution in [0.15, 0.2) is 18.2 Å². The van der Waals surface area contributed by atoms with E-state index in [1.807, 2.05) is 0 Å². The van der Waals surface area contributed by atoms with Crippen molar-refractivity contribution in [3.8, 4) is 0 Å². The molecule has 1 fully saturated rings. The van der Waals surface area contributed by atoms with E-state index in [1.54, 1.807) is 0 Å². The summed E-state index contributed by atoms with van der Waals surface area (Å²) in [5, 5.41) is 0. The summed E-state index contributed by atoms with van der Waals surface area (Å²) in [5.74, 6) is 0. The molecule has 0 aromatic heterocycles. The van der Waals surface area contributed by atoms with Crippen LogP contribution >= 0.6 is 0 Å². The Hall–Kier alpha value is -1.02. The molecule has 0 bridgehead atoms. The van der Waals surface area contributed by atoms with Crippen molar-refractivity contribution < 1.29 is 0 Å². The Morgan fingerprint density at radius 2 is 2.12 bits per heavy atom. The van der Waals surface area contributed by atoms with E-state index in [9.17, 15) is 0 Å². The predicted molar refractivity (Wildman–Crippen MR) is 67.3 cm³/mol. The van der Waals surface area contributed by atoms with Crippen molar-refractivity contribution in [2.75, 3.05) is 12.3 Å². The van der Waals surface area contributed by atoms with Gasteiger partial charge in [-0.15, -0.1) is 0 Å². The molecule has 2 heteroatoms. The number of benzene rings is 1. The fourth-order valence-corrected chi connectivity index (χ4v) is 3.10. The van der Waals surface area contributed by atoms with E-state index in [2.05, 4.69) is 30.0 Å². The Bertz CT molecular complexity index is 396. The molecule has 0 aliphatic heterocycles. The van der Waals surface area contributed by atoms with Gasteiger partial charge in [0.15, 0.2) is 0 Å². The first-order valence-corrected chi connectivity index (χ1v) is 6.43. The topological polar surface area (TPSA) is 29.3 Å². The Morgan fingerprint density at radius 3 is 2.81 bits per heavy atom. The Labute approximate surface area is 97.4 Å². The summed E-state index contributed by atoms with van der Waals surface area (Å²) in [6, 6.07) is 7.98. The lowest BCUT2D eigenvalue weighted by atomic mass is 10.1. The standard InChI is InChI=1S/C14H20N2/c1-2-16(12-5-6-12)14-8-3-10-9-11(15)4-7-13(10)14/h4,7,9,12,14H,2-3,5-6,8,15H2,1H3. The van der Waals surface area contributed by atoms with Crippen LogP contribution in [0.1, 0.15) is 43.4 Å². The van der Waals surface area contributed by atoms with E-state index in [-0.39, 0.29) is 0 Å². The van der Waals surface area contributed by atoms with Crippen molar-refractivity contribution in [2.24, 2.45) is 0 Å². The number of hydrogen-bond donors (Lipinski definition) is 1. The van der Waals surface area contributed by atoms with Crippen molar-refractivity contribution >= 4 is 5.69 Å². The van der Waals surface area contributed by atoms with Gasteiger partial charge in [0.05, 0.1) is 0 Å². The summed E-state index contributed by atoms with van der Waals surface area (Å²) >= 11 is 0. The second kappa shape index (κ2) is 3.77. The molecule has 1 atom stereocenters. The monoisotopic (exact) mass is 216 g/mol. The number of nitrogens with two attached hydrogens (primary N) is 1. The van der Waals surface area contributed by atoms with E-state index in [0.29, 0.717) is 6.04 Å². The van der Waals surface area contributed by atoms with Crippen LogP contribution in [-0.4, -0.2) is 17.5 Å². The van der Waals surface area contributed by atoms with Gasteiger partial charge in [-0.2, -0.15) is 0 Å². The van der Waals surface area contributed by atoms with Gasteiger partial charge in [-0.3, -0.25) is 4.90 Å². The Morgan fingerprint density at radius 1 is 1.31 bits per heavy atom. The maximum Gasteiger partial charge on any atom is 0.0356 e. The zero-order valence-corrected chi connectivity index (χ0v) is 9.95. The molecule has 0 amide bonds. The van der Waals surface area contributed by atoms with Crippen LogP contribution in [0.4, 0.5) is 5.69 Å². The second-order valence-corrected chi connectivity index (χ2v) is 5.07. The molecule has 0 heterocycles. The SMILES string of the molecule is CCN(C1CC1)C1CCc2cc(N)ccc21. The zero-order valence-electron chi connectivity index (χ0n) is 9.95. The summed E-state index contributed by atoms with van der Waals surface area (Å²) in [7, 11) is 0. The highest BCUT2D eigenvalue weighted by atomic mass is 15.2. The summed E-state index contributed by atoms with van der Waals surface area (Å²) < 4.78 is 0. The van der Waals surface area contributed by atoms with Gasteiger partial charge in [0.25, 0.3) is 0 Å². The van der Waals surface area contributed by atoms with Crippen molar-refractivity contribution in [1.29, 1.82) is 0 Å². The molecule has 3 rings (SSSR count). The molecule has 0 saturated heterocycles. The average Bonchev–Trinajstić information content (AvgIpc) is 3.02. The number of rotatable bonds is 3. The highest BCUT2D eigenvalue weighted by Gasteiger charge is 2.36. The van der Waals surface area contributed by atoms with Crippen LogP contribution in [0.3, 0.4) is 0 Å². The third-order valence-corrected chi connectivity index (χ3v) is 3.99. The smallest absolute Gasteiger partial charge is 0.0356 e. The number of nitrogens with zero attached hydrogens (tertiary/aromatic N) is 1. The lowest BCUT2D eigenvalue weighted by Crippen LogP contribution is -2.29. The average molecular weight is 216 g/mol. The third-order valence-electron chi connectivity index (χ3n) is 3.99. The number of fused-ring (bicyclic) bond motifs is 1. The third kappa shape index (κ3) is 1.61. The first kappa shape index (κ1) is 10.2. The molecule has 2 N–H and O–H groups in total. The molecule has 86 valence electrons. The Kier molecular flexibility index (Phi) is 2.40. The first-order valence-electron chi connectivity index (χ1n) is 6.43. The van der Waals surface area contributed by atoms with Crippen molar-refractivity contribution in [2.45, 2.75) is 44.7 Å². The van der Waals surface area contributed by atoms with Crippen LogP contribution in [0.2, 0.25) is 0 Å². The van der Waals surface area contributed by atoms with Crippen LogP contribution in [-0.2, 0) is 6.42 Å². The van der Waals surface area contributed by atoms with Crippen molar-refractivity contribution in [3.05, 3.63) is 29.3 Å². The minimum Gasteiger partial charge on any atom is -0.399 e. The lowest BCUT2D eigenvalue weighted by molar-refractivity contribution is 0.197. The summed E-state index contributed by atoms with van der Waals surface area (Å²) in [5.41, 5.74) is 9.76. The van der Waals surface area contributed by atoms with E-state index >= 15 is 0 Å². The molecule has 2 aliphatic carbocycles. The fourth-order valence-electron chi connectivity index (χ4n) is 3.10. The van der Waals surface area contributed by atoms with Crippen LogP contribution in [0, 0.1) is 0 Å². The molecular formula is C14H20N2. The number of aryl methyl sites for hydroxylation is 1. The van der Waals surface area contributed by atoms with Crippen molar-refractivity contribution in [1.82, 2.24) is 4.90 Å². The van der Waals surface area contributed by atoms with Gasteiger partial charge in [0.2, 0.25) is 0 Å². The van der Waals surface area contributed by atoms with Gasteiger partial charge in [0, 0.05) is 17.8 Å². The van der Waals surface area contributed by atoms with Crippen LogP contribution < -0.4 is 5.73 Å². The van der Waals surface area contributed by atoms with Crippen LogP contribution in [0.5, 0.6) is 0 Å². The largest absolute Gasteiger partial charge is 0.399 e. The minimum absolute atomic E-state index is 0.660. The Balaban J connectivity index is 1.89. The molecule has 0 radical (unpaired) electrons. The van der Waals surface area contributed by atoms with Gasteiger partial charge >= 0.3 is 0 Å². The van der Waals surface area contributed by atoms with E-state index < -0.39 is 0 Å². The van der Waals surface area contributed by atoms with E-state index in [4.69, 9.17) is 5.73 Å². The molecule has 1 aromatic rings. The normalized spacial score (nSPS) is 23.8. The van der Waals surface area contributed by atoms with Gasteiger partial charge in [-0.25, -0.2) is 0 Å². The molecule has 2 aliphatic rings. The number of nitrogen functional groups attached to an aromatic ring is 1. The van der Waals surface area contributed by atoms with Gasteiger partial charge in [-0.1, -0.05) is 13.0 Å². The van der Waals surface area contributed by atoms with E-state index in [1.165, 1.54) is 43.4 Å². The highest BCUT2D eigenvalue weighted by molar-refractivity contribution is 5.47. The summed E-state index contributed by atoms with van der Waals surface area (Å²) in [4.78, 5) is 2.68. The van der Waals surface area contributed by atoms with Gasteiger partial charge < -0.3 is 5.73 Å². The molecule has 1 saturated carbocycles. The van der Waals surface area contributed by atoms with Crippen molar-refractivity contribution in [3.63, 3.8) is 0 Å². The first-order chi connectivity index (χ1) is 7.79. The highest BCUT2D eigenvalue weighted by Crippen LogP contribution is 2.41. The summed E-state index contributed by atoms with van der Waals surface area (Å²) in [6.45, 7) is 3.47. The summed E-state index contributed by atoms with van der Waals surface area (Å²) in [6.07, 6.45) is 5.28. The molecule has 16 heavy (non-hydrogen) atoms. The number of hydrogen-bond acceptors (Lipinski definition) is 2. The predicted octanol–water partition coefficient (Wildman–Crippen LogP) is 2.74. The second-order valence-electron chi connectivity index (χ2n) is 5.07. The van der Waals surface area contributed by atoms with Crippen LogP contribution in [0.25, 0.3) is 0 Å². The quantitative estimate of drug-likeness (QED) is 0.787. The molecular weight excluding hydrogens is 196 g/mol. The molecule has 1 unspecified atom stereocenters. The van der Waals surface area contributed by atoms with Gasteiger partial charge in [-0.05, 0) is 55.5 Å². The zero-order chi connectivity index (χ0) is 11.1. The maximum absolute atomic E-state index is 5.84. The lowest BCUT2D eigenvalue weighted by Gasteiger charge is -2.28. The minimum atomic E-state index is 0.660. The molecule has 2 nitrogen and oxygen atoms in total. The molecule has 0 spiro atoms. The van der Waals surface area contributed by atoms with E-state index in [0.717, 1.165) is 11.7 Å². The van der Waals surface area contributed by atoms with Gasteiger partial charge in [0.1, 0.15) is 0 Å².